The fraction of sp³-hybridized carbons (Fsp3) is 0.375. The third kappa shape index (κ3) is 4.21. The van der Waals surface area contributed by atoms with Gasteiger partial charge in [-0.2, -0.15) is 29.2 Å². The number of sulfonamides is 1. The van der Waals surface area contributed by atoms with Gasteiger partial charge in [-0.1, -0.05) is 12.1 Å². The lowest BCUT2D eigenvalue weighted by Crippen LogP contribution is -2.33. The number of halogens is 3. The third-order valence-corrected chi connectivity index (χ3v) is 8.30. The molecule has 1 saturated heterocycles. The molecule has 9 heteroatoms. The number of hydrogen-bond donors (Lipinski definition) is 0. The van der Waals surface area contributed by atoms with Crippen molar-refractivity contribution < 1.29 is 21.6 Å². The Morgan fingerprint density at radius 3 is 2.60 bits per heavy atom. The van der Waals surface area contributed by atoms with Gasteiger partial charge in [0.05, 0.1) is 10.5 Å². The van der Waals surface area contributed by atoms with Gasteiger partial charge in [-0.15, -0.1) is 11.3 Å². The SMILES string of the molecule is O=S(=O)(c1cccc(C(F)(F)F)c1)N1CCS[C@H](c2cccs2)CC1. The summed E-state index contributed by atoms with van der Waals surface area (Å²) >= 11 is 3.32. The molecule has 1 aliphatic heterocycles. The highest BCUT2D eigenvalue weighted by atomic mass is 32.2. The smallest absolute Gasteiger partial charge is 0.207 e. The van der Waals surface area contributed by atoms with Gasteiger partial charge in [0.1, 0.15) is 0 Å². The number of benzene rings is 1. The molecule has 1 aromatic heterocycles. The van der Waals surface area contributed by atoms with E-state index < -0.39 is 21.8 Å². The zero-order valence-corrected chi connectivity index (χ0v) is 15.5. The minimum Gasteiger partial charge on any atom is -0.207 e. The molecule has 0 spiro atoms. The van der Waals surface area contributed by atoms with Crippen LogP contribution in [0.5, 0.6) is 0 Å². The largest absolute Gasteiger partial charge is 0.416 e. The number of nitrogens with zero attached hydrogens (tertiary/aromatic N) is 1. The maximum absolute atomic E-state index is 12.9. The molecular weight excluding hydrogens is 391 g/mol. The normalized spacial score (nSPS) is 20.4. The number of rotatable bonds is 3. The van der Waals surface area contributed by atoms with Gasteiger partial charge in [-0.25, -0.2) is 8.42 Å². The third-order valence-electron chi connectivity index (χ3n) is 3.96. The lowest BCUT2D eigenvalue weighted by atomic mass is 10.2. The van der Waals surface area contributed by atoms with Crippen LogP contribution in [0.2, 0.25) is 0 Å². The summed E-state index contributed by atoms with van der Waals surface area (Å²) < 4.78 is 65.4. The van der Waals surface area contributed by atoms with E-state index in [2.05, 4.69) is 0 Å². The zero-order chi connectivity index (χ0) is 18.1. The summed E-state index contributed by atoms with van der Waals surface area (Å²) in [5.74, 6) is 0.612. The van der Waals surface area contributed by atoms with E-state index in [4.69, 9.17) is 0 Å². The lowest BCUT2D eigenvalue weighted by Gasteiger charge is -2.20. The first kappa shape index (κ1) is 18.8. The highest BCUT2D eigenvalue weighted by molar-refractivity contribution is 7.99. The summed E-state index contributed by atoms with van der Waals surface area (Å²) in [6.45, 7) is 0.596. The standard InChI is InChI=1S/C16H16F3NO2S3/c17-16(18,19)12-3-1-4-13(11-12)25(21,22)20-7-6-15(24-10-8-20)14-5-2-9-23-14/h1-5,9,11,15H,6-8,10H2/t15-/m0/s1. The van der Waals surface area contributed by atoms with Crippen LogP contribution in [-0.4, -0.2) is 31.6 Å². The van der Waals surface area contributed by atoms with E-state index in [0.717, 1.165) is 12.1 Å². The molecule has 0 aliphatic carbocycles. The van der Waals surface area contributed by atoms with E-state index in [1.165, 1.54) is 15.2 Å². The molecule has 3 rings (SSSR count). The molecule has 0 unspecified atom stereocenters. The second-order valence-electron chi connectivity index (χ2n) is 5.59. The highest BCUT2D eigenvalue weighted by Gasteiger charge is 2.33. The average Bonchev–Trinajstić information content (AvgIpc) is 2.98. The molecule has 25 heavy (non-hydrogen) atoms. The minimum absolute atomic E-state index is 0.224. The fourth-order valence-corrected chi connectivity index (χ4v) is 6.53. The van der Waals surface area contributed by atoms with Gasteiger partial charge in [0.25, 0.3) is 0 Å². The van der Waals surface area contributed by atoms with Gasteiger partial charge in [0.2, 0.25) is 10.0 Å². The van der Waals surface area contributed by atoms with Gasteiger partial charge >= 0.3 is 6.18 Å². The number of thioether (sulfide) groups is 1. The Labute approximate surface area is 152 Å². The summed E-state index contributed by atoms with van der Waals surface area (Å²) in [7, 11) is -3.94. The van der Waals surface area contributed by atoms with Crippen molar-refractivity contribution in [3.63, 3.8) is 0 Å². The Morgan fingerprint density at radius 1 is 1.12 bits per heavy atom. The van der Waals surface area contributed by atoms with Gasteiger partial charge in [0.15, 0.2) is 0 Å². The molecule has 3 nitrogen and oxygen atoms in total. The topological polar surface area (TPSA) is 37.4 Å². The molecule has 1 aliphatic rings. The maximum Gasteiger partial charge on any atom is 0.416 e. The van der Waals surface area contributed by atoms with Crippen molar-refractivity contribution in [2.24, 2.45) is 0 Å². The molecule has 0 bridgehead atoms. The van der Waals surface area contributed by atoms with Crippen molar-refractivity contribution in [2.75, 3.05) is 18.8 Å². The quantitative estimate of drug-likeness (QED) is 0.744. The Hall–Kier alpha value is -1.03. The minimum atomic E-state index is -4.57. The summed E-state index contributed by atoms with van der Waals surface area (Å²) in [5.41, 5.74) is -0.950. The predicted octanol–water partition coefficient (Wildman–Crippen LogP) is 4.64. The number of alkyl halides is 3. The summed E-state index contributed by atoms with van der Waals surface area (Å²) in [5, 5.41) is 2.21. The Morgan fingerprint density at radius 2 is 1.92 bits per heavy atom. The summed E-state index contributed by atoms with van der Waals surface area (Å²) in [4.78, 5) is 0.894. The van der Waals surface area contributed by atoms with Crippen LogP contribution in [0.15, 0.2) is 46.7 Å². The first-order valence-corrected chi connectivity index (χ1v) is 11.0. The molecule has 1 aromatic carbocycles. The molecule has 1 atom stereocenters. The van der Waals surface area contributed by atoms with Crippen molar-refractivity contribution >= 4 is 33.1 Å². The zero-order valence-electron chi connectivity index (χ0n) is 13.1. The van der Waals surface area contributed by atoms with Gasteiger partial charge < -0.3 is 0 Å². The lowest BCUT2D eigenvalue weighted by molar-refractivity contribution is -0.137. The molecule has 2 aromatic rings. The van der Waals surface area contributed by atoms with Crippen molar-refractivity contribution in [1.82, 2.24) is 4.31 Å². The van der Waals surface area contributed by atoms with Crippen LogP contribution in [0, 0.1) is 0 Å². The Bertz CT molecular complexity index is 819. The van der Waals surface area contributed by atoms with Crippen LogP contribution < -0.4 is 0 Å². The maximum atomic E-state index is 12.9. The fourth-order valence-electron chi connectivity index (χ4n) is 2.67. The van der Waals surface area contributed by atoms with Crippen molar-refractivity contribution in [1.29, 1.82) is 0 Å². The predicted molar refractivity (Wildman–Crippen MR) is 94.3 cm³/mol. The van der Waals surface area contributed by atoms with E-state index in [-0.39, 0.29) is 10.1 Å². The van der Waals surface area contributed by atoms with Crippen LogP contribution in [-0.2, 0) is 16.2 Å². The summed E-state index contributed by atoms with van der Waals surface area (Å²) in [6.07, 6.45) is -3.92. The first-order chi connectivity index (χ1) is 11.8. The van der Waals surface area contributed by atoms with E-state index in [0.29, 0.717) is 31.3 Å². The number of hydrogen-bond acceptors (Lipinski definition) is 4. The monoisotopic (exact) mass is 407 g/mol. The second-order valence-corrected chi connectivity index (χ2v) is 9.82. The van der Waals surface area contributed by atoms with Crippen LogP contribution in [0.3, 0.4) is 0 Å². The molecule has 136 valence electrons. The second kappa shape index (κ2) is 7.30. The van der Waals surface area contributed by atoms with Crippen molar-refractivity contribution in [2.45, 2.75) is 22.7 Å². The Kier molecular flexibility index (Phi) is 5.48. The summed E-state index contributed by atoms with van der Waals surface area (Å²) in [6, 6.07) is 7.94. The van der Waals surface area contributed by atoms with E-state index in [1.54, 1.807) is 23.1 Å². The number of thiophene rings is 1. The molecular formula is C16H16F3NO2S3. The molecule has 1 fully saturated rings. The molecule has 0 radical (unpaired) electrons. The van der Waals surface area contributed by atoms with Crippen molar-refractivity contribution in [3.8, 4) is 0 Å². The Balaban J connectivity index is 1.81. The molecule has 0 amide bonds. The first-order valence-electron chi connectivity index (χ1n) is 7.61. The van der Waals surface area contributed by atoms with Crippen molar-refractivity contribution in [3.05, 3.63) is 52.2 Å². The van der Waals surface area contributed by atoms with E-state index >= 15 is 0 Å². The molecule has 2 heterocycles. The van der Waals surface area contributed by atoms with Crippen LogP contribution in [0.4, 0.5) is 13.2 Å². The van der Waals surface area contributed by atoms with Crippen LogP contribution in [0.1, 0.15) is 22.1 Å². The van der Waals surface area contributed by atoms with Gasteiger partial charge in [-0.3, -0.25) is 0 Å². The highest BCUT2D eigenvalue weighted by Crippen LogP contribution is 2.38. The molecule has 0 N–H and O–H groups in total. The van der Waals surface area contributed by atoms with Crippen LogP contribution >= 0.6 is 23.1 Å². The molecule has 0 saturated carbocycles. The van der Waals surface area contributed by atoms with Gasteiger partial charge in [0, 0.05) is 29.0 Å². The average molecular weight is 408 g/mol. The van der Waals surface area contributed by atoms with E-state index in [9.17, 15) is 21.6 Å². The van der Waals surface area contributed by atoms with Crippen LogP contribution in [0.25, 0.3) is 0 Å². The van der Waals surface area contributed by atoms with Gasteiger partial charge in [-0.05, 0) is 36.1 Å². The van der Waals surface area contributed by atoms with E-state index in [1.807, 2.05) is 17.5 Å².